The van der Waals surface area contributed by atoms with E-state index in [4.69, 9.17) is 14.2 Å². The van der Waals surface area contributed by atoms with Gasteiger partial charge in [0.05, 0.1) is 27.9 Å². The fourth-order valence-corrected chi connectivity index (χ4v) is 1.92. The van der Waals surface area contributed by atoms with E-state index < -0.39 is 0 Å². The van der Waals surface area contributed by atoms with E-state index in [9.17, 15) is 4.79 Å². The van der Waals surface area contributed by atoms with E-state index in [-0.39, 0.29) is 12.5 Å². The maximum absolute atomic E-state index is 11.7. The second-order valence-electron chi connectivity index (χ2n) is 4.50. The molecule has 0 atom stereocenters. The predicted octanol–water partition coefficient (Wildman–Crippen LogP) is 1.28. The standard InChI is InChI=1S/C15H24N2O4/c1-6-17(2)13(18)10-16-9-11-7-8-12(19-3)15(21-5)14(11)20-4/h7-8,16H,6,9-10H2,1-5H3. The molecular weight excluding hydrogens is 272 g/mol. The van der Waals surface area contributed by atoms with Gasteiger partial charge in [0.1, 0.15) is 0 Å². The highest BCUT2D eigenvalue weighted by atomic mass is 16.5. The van der Waals surface area contributed by atoms with Crippen molar-refractivity contribution in [1.29, 1.82) is 0 Å². The van der Waals surface area contributed by atoms with Crippen LogP contribution in [0.4, 0.5) is 0 Å². The lowest BCUT2D eigenvalue weighted by Crippen LogP contribution is -2.35. The first-order valence-corrected chi connectivity index (χ1v) is 6.81. The lowest BCUT2D eigenvalue weighted by Gasteiger charge is -2.17. The fraction of sp³-hybridized carbons (Fsp3) is 0.533. The molecule has 21 heavy (non-hydrogen) atoms. The molecule has 1 rings (SSSR count). The van der Waals surface area contributed by atoms with Crippen LogP contribution in [0, 0.1) is 0 Å². The van der Waals surface area contributed by atoms with Gasteiger partial charge in [0.15, 0.2) is 11.5 Å². The van der Waals surface area contributed by atoms with Crippen molar-refractivity contribution in [2.24, 2.45) is 0 Å². The number of ether oxygens (including phenoxy) is 3. The van der Waals surface area contributed by atoms with Gasteiger partial charge in [-0.2, -0.15) is 0 Å². The Labute approximate surface area is 126 Å². The molecule has 6 heteroatoms. The summed E-state index contributed by atoms with van der Waals surface area (Å²) < 4.78 is 16.0. The first kappa shape index (κ1) is 17.1. The highest BCUT2D eigenvalue weighted by Crippen LogP contribution is 2.39. The Morgan fingerprint density at radius 2 is 1.81 bits per heavy atom. The van der Waals surface area contributed by atoms with Crippen molar-refractivity contribution < 1.29 is 19.0 Å². The zero-order valence-electron chi connectivity index (χ0n) is 13.4. The molecule has 0 heterocycles. The van der Waals surface area contributed by atoms with Gasteiger partial charge >= 0.3 is 0 Å². The number of hydrogen-bond donors (Lipinski definition) is 1. The Morgan fingerprint density at radius 3 is 2.33 bits per heavy atom. The van der Waals surface area contributed by atoms with E-state index in [1.807, 2.05) is 19.1 Å². The summed E-state index contributed by atoms with van der Waals surface area (Å²) in [6.45, 7) is 3.42. The predicted molar refractivity (Wildman–Crippen MR) is 81.1 cm³/mol. The molecule has 0 unspecified atom stereocenters. The smallest absolute Gasteiger partial charge is 0.236 e. The van der Waals surface area contributed by atoms with E-state index in [2.05, 4.69) is 5.32 Å². The molecule has 0 bridgehead atoms. The summed E-state index contributed by atoms with van der Waals surface area (Å²) in [6, 6.07) is 3.71. The highest BCUT2D eigenvalue weighted by molar-refractivity contribution is 5.77. The second kappa shape index (κ2) is 8.36. The van der Waals surface area contributed by atoms with E-state index in [1.165, 1.54) is 0 Å². The maximum Gasteiger partial charge on any atom is 0.236 e. The lowest BCUT2D eigenvalue weighted by atomic mass is 10.1. The molecule has 1 aromatic carbocycles. The van der Waals surface area contributed by atoms with Crippen LogP contribution < -0.4 is 19.5 Å². The molecule has 0 saturated heterocycles. The molecule has 6 nitrogen and oxygen atoms in total. The van der Waals surface area contributed by atoms with E-state index in [0.29, 0.717) is 30.3 Å². The van der Waals surface area contributed by atoms with Gasteiger partial charge in [-0.1, -0.05) is 6.07 Å². The number of nitrogens with zero attached hydrogens (tertiary/aromatic N) is 1. The molecule has 0 aromatic heterocycles. The summed E-state index contributed by atoms with van der Waals surface area (Å²) in [5, 5.41) is 3.11. The van der Waals surface area contributed by atoms with Crippen molar-refractivity contribution in [3.8, 4) is 17.2 Å². The number of nitrogens with one attached hydrogen (secondary N) is 1. The Morgan fingerprint density at radius 1 is 1.14 bits per heavy atom. The Bertz CT molecular complexity index is 477. The normalized spacial score (nSPS) is 10.1. The van der Waals surface area contributed by atoms with Crippen molar-refractivity contribution in [2.75, 3.05) is 41.5 Å². The monoisotopic (exact) mass is 296 g/mol. The first-order valence-electron chi connectivity index (χ1n) is 6.81. The molecule has 118 valence electrons. The quantitative estimate of drug-likeness (QED) is 0.783. The number of hydrogen-bond acceptors (Lipinski definition) is 5. The molecule has 0 aliphatic rings. The van der Waals surface area contributed by atoms with Crippen LogP contribution in [0.3, 0.4) is 0 Å². The summed E-state index contributed by atoms with van der Waals surface area (Å²) in [7, 11) is 6.50. The third kappa shape index (κ3) is 4.26. The number of benzene rings is 1. The summed E-state index contributed by atoms with van der Waals surface area (Å²) in [5.74, 6) is 1.83. The maximum atomic E-state index is 11.7. The van der Waals surface area contributed by atoms with Gasteiger partial charge < -0.3 is 24.4 Å². The summed E-state index contributed by atoms with van der Waals surface area (Å²) in [5.41, 5.74) is 0.905. The van der Waals surface area contributed by atoms with E-state index in [0.717, 1.165) is 5.56 Å². The van der Waals surface area contributed by atoms with E-state index >= 15 is 0 Å². The molecule has 0 aliphatic heterocycles. The highest BCUT2D eigenvalue weighted by Gasteiger charge is 2.15. The van der Waals surface area contributed by atoms with Gasteiger partial charge in [-0.05, 0) is 13.0 Å². The van der Waals surface area contributed by atoms with Gasteiger partial charge in [-0.15, -0.1) is 0 Å². The van der Waals surface area contributed by atoms with Crippen LogP contribution in [-0.2, 0) is 11.3 Å². The Hall–Kier alpha value is -1.95. The number of carbonyl (C=O) groups is 1. The molecule has 0 radical (unpaired) electrons. The molecular formula is C15H24N2O4. The third-order valence-corrected chi connectivity index (χ3v) is 3.28. The van der Waals surface area contributed by atoms with Gasteiger partial charge in [0.25, 0.3) is 0 Å². The number of rotatable bonds is 8. The van der Waals surface area contributed by atoms with Crippen LogP contribution in [0.1, 0.15) is 12.5 Å². The number of carbonyl (C=O) groups excluding carboxylic acids is 1. The number of amides is 1. The van der Waals surface area contributed by atoms with Crippen molar-refractivity contribution >= 4 is 5.91 Å². The average Bonchev–Trinajstić information content (AvgIpc) is 2.52. The minimum atomic E-state index is 0.0527. The van der Waals surface area contributed by atoms with Crippen LogP contribution in [0.15, 0.2) is 12.1 Å². The SMILES string of the molecule is CCN(C)C(=O)CNCc1ccc(OC)c(OC)c1OC. The molecule has 1 N–H and O–H groups in total. The van der Waals surface area contributed by atoms with Crippen LogP contribution in [0.5, 0.6) is 17.2 Å². The Balaban J connectivity index is 2.78. The van der Waals surface area contributed by atoms with Crippen LogP contribution in [0.25, 0.3) is 0 Å². The zero-order chi connectivity index (χ0) is 15.8. The summed E-state index contributed by atoms with van der Waals surface area (Å²) in [4.78, 5) is 13.4. The fourth-order valence-electron chi connectivity index (χ4n) is 1.92. The largest absolute Gasteiger partial charge is 0.493 e. The Kier molecular flexibility index (Phi) is 6.81. The van der Waals surface area contributed by atoms with E-state index in [1.54, 1.807) is 33.3 Å². The van der Waals surface area contributed by atoms with Gasteiger partial charge in [0, 0.05) is 25.7 Å². The second-order valence-corrected chi connectivity index (χ2v) is 4.50. The number of methoxy groups -OCH3 is 3. The van der Waals surface area contributed by atoms with Crippen molar-refractivity contribution in [3.63, 3.8) is 0 Å². The number of likely N-dealkylation sites (N-methyl/N-ethyl adjacent to an activating group) is 1. The topological polar surface area (TPSA) is 60.0 Å². The molecule has 0 fully saturated rings. The van der Waals surface area contributed by atoms with Crippen molar-refractivity contribution in [1.82, 2.24) is 10.2 Å². The molecule has 1 aromatic rings. The summed E-state index contributed by atoms with van der Waals surface area (Å²) >= 11 is 0. The third-order valence-electron chi connectivity index (χ3n) is 3.28. The molecule has 0 aliphatic carbocycles. The van der Waals surface area contributed by atoms with Crippen molar-refractivity contribution in [2.45, 2.75) is 13.5 Å². The van der Waals surface area contributed by atoms with Crippen LogP contribution in [0.2, 0.25) is 0 Å². The minimum Gasteiger partial charge on any atom is -0.493 e. The summed E-state index contributed by atoms with van der Waals surface area (Å²) in [6.07, 6.45) is 0. The van der Waals surface area contributed by atoms with Crippen LogP contribution in [-0.4, -0.2) is 52.3 Å². The van der Waals surface area contributed by atoms with Gasteiger partial charge in [0.2, 0.25) is 11.7 Å². The van der Waals surface area contributed by atoms with Crippen LogP contribution >= 0.6 is 0 Å². The molecule has 0 saturated carbocycles. The zero-order valence-corrected chi connectivity index (χ0v) is 13.4. The lowest BCUT2D eigenvalue weighted by molar-refractivity contribution is -0.128. The van der Waals surface area contributed by atoms with Crippen molar-refractivity contribution in [3.05, 3.63) is 17.7 Å². The molecule has 0 spiro atoms. The molecule has 1 amide bonds. The van der Waals surface area contributed by atoms with Gasteiger partial charge in [-0.3, -0.25) is 4.79 Å². The van der Waals surface area contributed by atoms with Gasteiger partial charge in [-0.25, -0.2) is 0 Å². The minimum absolute atomic E-state index is 0.0527. The average molecular weight is 296 g/mol. The first-order chi connectivity index (χ1) is 10.1.